The Morgan fingerprint density at radius 3 is 2.64 bits per heavy atom. The summed E-state index contributed by atoms with van der Waals surface area (Å²) in [6.07, 6.45) is 1.67. The highest BCUT2D eigenvalue weighted by Crippen LogP contribution is 2.24. The molecule has 28 heavy (non-hydrogen) atoms. The lowest BCUT2D eigenvalue weighted by Gasteiger charge is -2.10. The van der Waals surface area contributed by atoms with E-state index in [-0.39, 0.29) is 18.6 Å². The first-order valence-corrected chi connectivity index (χ1v) is 9.74. The SMILES string of the molecule is CC(C)Oc1ccc(C(=O)NCC(=O)N/N=C/c2csc3ccccc23)cc1. The van der Waals surface area contributed by atoms with Crippen molar-refractivity contribution in [3.63, 3.8) is 0 Å². The standard InChI is InChI=1S/C21H21N3O3S/c1-14(2)27-17-9-7-15(8-10-17)21(26)22-12-20(25)24-23-11-16-13-28-19-6-4-3-5-18(16)19/h3-11,13-14H,12H2,1-2H3,(H,22,26)(H,24,25)/b23-11+. The van der Waals surface area contributed by atoms with E-state index in [0.29, 0.717) is 11.3 Å². The van der Waals surface area contributed by atoms with Crippen LogP contribution < -0.4 is 15.5 Å². The van der Waals surface area contributed by atoms with Gasteiger partial charge in [-0.25, -0.2) is 5.43 Å². The number of hydrogen-bond acceptors (Lipinski definition) is 5. The molecule has 0 saturated heterocycles. The van der Waals surface area contributed by atoms with Crippen molar-refractivity contribution in [1.29, 1.82) is 0 Å². The van der Waals surface area contributed by atoms with E-state index in [9.17, 15) is 9.59 Å². The van der Waals surface area contributed by atoms with Gasteiger partial charge < -0.3 is 10.1 Å². The van der Waals surface area contributed by atoms with Gasteiger partial charge >= 0.3 is 0 Å². The lowest BCUT2D eigenvalue weighted by molar-refractivity contribution is -0.120. The second-order valence-corrected chi connectivity index (χ2v) is 7.27. The molecule has 144 valence electrons. The van der Waals surface area contributed by atoms with E-state index < -0.39 is 5.91 Å². The maximum absolute atomic E-state index is 12.1. The quantitative estimate of drug-likeness (QED) is 0.474. The average Bonchev–Trinajstić information content (AvgIpc) is 3.09. The smallest absolute Gasteiger partial charge is 0.259 e. The zero-order valence-electron chi connectivity index (χ0n) is 15.6. The Bertz CT molecular complexity index is 994. The Morgan fingerprint density at radius 1 is 1.14 bits per heavy atom. The summed E-state index contributed by atoms with van der Waals surface area (Å²) in [5.41, 5.74) is 3.82. The fraction of sp³-hybridized carbons (Fsp3) is 0.190. The van der Waals surface area contributed by atoms with E-state index in [1.54, 1.807) is 41.8 Å². The summed E-state index contributed by atoms with van der Waals surface area (Å²) in [6.45, 7) is 3.70. The number of carbonyl (C=O) groups is 2. The molecule has 1 heterocycles. The molecule has 0 unspecified atom stereocenters. The molecule has 3 rings (SSSR count). The molecule has 0 saturated carbocycles. The van der Waals surface area contributed by atoms with Crippen molar-refractivity contribution in [3.8, 4) is 5.75 Å². The minimum Gasteiger partial charge on any atom is -0.491 e. The van der Waals surface area contributed by atoms with E-state index in [0.717, 1.165) is 15.6 Å². The van der Waals surface area contributed by atoms with Gasteiger partial charge in [0.2, 0.25) is 0 Å². The topological polar surface area (TPSA) is 79.8 Å². The summed E-state index contributed by atoms with van der Waals surface area (Å²) >= 11 is 1.62. The van der Waals surface area contributed by atoms with Crippen LogP contribution in [0.25, 0.3) is 10.1 Å². The largest absolute Gasteiger partial charge is 0.491 e. The van der Waals surface area contributed by atoms with Gasteiger partial charge in [0, 0.05) is 26.6 Å². The molecule has 6 nitrogen and oxygen atoms in total. The molecule has 0 fully saturated rings. The molecule has 0 radical (unpaired) electrons. The van der Waals surface area contributed by atoms with Gasteiger partial charge in [0.25, 0.3) is 11.8 Å². The second kappa shape index (κ2) is 9.14. The third kappa shape index (κ3) is 5.17. The molecule has 7 heteroatoms. The van der Waals surface area contributed by atoms with Crippen LogP contribution in [0.15, 0.2) is 59.0 Å². The predicted octanol–water partition coefficient (Wildman–Crippen LogP) is 3.57. The molecule has 0 bridgehead atoms. The maximum atomic E-state index is 12.1. The Labute approximate surface area is 167 Å². The molecule has 1 aromatic heterocycles. The number of nitrogens with zero attached hydrogens (tertiary/aromatic N) is 1. The fourth-order valence-electron chi connectivity index (χ4n) is 2.53. The highest BCUT2D eigenvalue weighted by atomic mass is 32.1. The molecule has 0 aliphatic rings. The summed E-state index contributed by atoms with van der Waals surface area (Å²) in [5, 5.41) is 9.60. The van der Waals surface area contributed by atoms with E-state index in [1.807, 2.05) is 43.5 Å². The number of amides is 2. The average molecular weight is 395 g/mol. The summed E-state index contributed by atoms with van der Waals surface area (Å²) < 4.78 is 6.70. The predicted molar refractivity (Wildman–Crippen MR) is 112 cm³/mol. The third-order valence-corrected chi connectivity index (χ3v) is 4.78. The molecule has 2 N–H and O–H groups in total. The number of fused-ring (bicyclic) bond motifs is 1. The van der Waals surface area contributed by atoms with E-state index in [4.69, 9.17) is 4.74 Å². The van der Waals surface area contributed by atoms with E-state index in [2.05, 4.69) is 15.8 Å². The minimum atomic E-state index is -0.399. The highest BCUT2D eigenvalue weighted by Gasteiger charge is 2.08. The van der Waals surface area contributed by atoms with Gasteiger partial charge in [-0.3, -0.25) is 9.59 Å². The molecule has 0 spiro atoms. The van der Waals surface area contributed by atoms with Gasteiger partial charge in [-0.05, 0) is 44.2 Å². The van der Waals surface area contributed by atoms with Crippen molar-refractivity contribution in [2.24, 2.45) is 5.10 Å². The summed E-state index contributed by atoms with van der Waals surface area (Å²) in [4.78, 5) is 24.0. The van der Waals surface area contributed by atoms with Crippen LogP contribution in [-0.4, -0.2) is 30.7 Å². The number of hydrogen-bond donors (Lipinski definition) is 2. The van der Waals surface area contributed by atoms with E-state index in [1.165, 1.54) is 0 Å². The van der Waals surface area contributed by atoms with Gasteiger partial charge in [0.15, 0.2) is 0 Å². The van der Waals surface area contributed by atoms with Crippen LogP contribution in [0.5, 0.6) is 5.75 Å². The first-order valence-electron chi connectivity index (χ1n) is 8.86. The first kappa shape index (κ1) is 19.6. The molecule has 0 atom stereocenters. The Balaban J connectivity index is 1.48. The molecule has 0 aliphatic carbocycles. The van der Waals surface area contributed by atoms with Crippen LogP contribution in [0.1, 0.15) is 29.8 Å². The van der Waals surface area contributed by atoms with Gasteiger partial charge in [0.05, 0.1) is 18.9 Å². The summed E-state index contributed by atoms with van der Waals surface area (Å²) in [6, 6.07) is 14.8. The Kier molecular flexibility index (Phi) is 6.39. The molecule has 3 aromatic rings. The summed E-state index contributed by atoms with van der Waals surface area (Å²) in [5.74, 6) is -0.0393. The van der Waals surface area contributed by atoms with Crippen LogP contribution >= 0.6 is 11.3 Å². The van der Waals surface area contributed by atoms with Crippen molar-refractivity contribution in [2.75, 3.05) is 6.54 Å². The molecular weight excluding hydrogens is 374 g/mol. The third-order valence-electron chi connectivity index (χ3n) is 3.80. The number of nitrogens with one attached hydrogen (secondary N) is 2. The molecule has 2 amide bonds. The van der Waals surface area contributed by atoms with Crippen molar-refractivity contribution in [1.82, 2.24) is 10.7 Å². The zero-order chi connectivity index (χ0) is 19.9. The van der Waals surface area contributed by atoms with Gasteiger partial charge in [-0.2, -0.15) is 5.10 Å². The first-order chi connectivity index (χ1) is 13.5. The van der Waals surface area contributed by atoms with Crippen molar-refractivity contribution in [2.45, 2.75) is 20.0 Å². The number of hydrazone groups is 1. The Morgan fingerprint density at radius 2 is 1.89 bits per heavy atom. The lowest BCUT2D eigenvalue weighted by atomic mass is 10.2. The van der Waals surface area contributed by atoms with Crippen LogP contribution in [0, 0.1) is 0 Å². The van der Waals surface area contributed by atoms with Crippen LogP contribution in [0.2, 0.25) is 0 Å². The molecule has 2 aromatic carbocycles. The highest BCUT2D eigenvalue weighted by molar-refractivity contribution is 7.17. The monoisotopic (exact) mass is 395 g/mol. The Hall–Kier alpha value is -3.19. The van der Waals surface area contributed by atoms with Crippen LogP contribution in [-0.2, 0) is 4.79 Å². The molecule has 0 aliphatic heterocycles. The lowest BCUT2D eigenvalue weighted by Crippen LogP contribution is -2.34. The minimum absolute atomic E-state index is 0.0657. The van der Waals surface area contributed by atoms with Crippen molar-refractivity contribution >= 4 is 39.5 Å². The van der Waals surface area contributed by atoms with Gasteiger partial charge in [0.1, 0.15) is 5.75 Å². The second-order valence-electron chi connectivity index (χ2n) is 6.35. The van der Waals surface area contributed by atoms with E-state index >= 15 is 0 Å². The maximum Gasteiger partial charge on any atom is 0.259 e. The normalized spacial score (nSPS) is 11.1. The number of benzene rings is 2. The van der Waals surface area contributed by atoms with Crippen LogP contribution in [0.4, 0.5) is 0 Å². The number of rotatable bonds is 7. The fourth-order valence-corrected chi connectivity index (χ4v) is 3.44. The van der Waals surface area contributed by atoms with Crippen molar-refractivity contribution in [3.05, 3.63) is 65.0 Å². The van der Waals surface area contributed by atoms with Gasteiger partial charge in [-0.1, -0.05) is 18.2 Å². The number of thiophene rings is 1. The van der Waals surface area contributed by atoms with Gasteiger partial charge in [-0.15, -0.1) is 11.3 Å². The zero-order valence-corrected chi connectivity index (χ0v) is 16.5. The number of ether oxygens (including phenoxy) is 1. The van der Waals surface area contributed by atoms with Crippen molar-refractivity contribution < 1.29 is 14.3 Å². The summed E-state index contributed by atoms with van der Waals surface area (Å²) in [7, 11) is 0. The number of carbonyl (C=O) groups excluding carboxylic acids is 2. The molecular formula is C21H21N3O3S. The van der Waals surface area contributed by atoms with Crippen LogP contribution in [0.3, 0.4) is 0 Å².